The van der Waals surface area contributed by atoms with Gasteiger partial charge in [0.2, 0.25) is 5.95 Å². The Labute approximate surface area is 95.7 Å². The first kappa shape index (κ1) is 11.3. The molecule has 1 aliphatic rings. The highest BCUT2D eigenvalue weighted by Crippen LogP contribution is 2.35. The first-order chi connectivity index (χ1) is 7.63. The summed E-state index contributed by atoms with van der Waals surface area (Å²) in [6.07, 6.45) is 4.79. The van der Waals surface area contributed by atoms with Crippen molar-refractivity contribution in [1.29, 1.82) is 0 Å². The number of halogens is 1. The number of hydrogen-bond donors (Lipinski definition) is 0. The van der Waals surface area contributed by atoms with Crippen molar-refractivity contribution in [2.24, 2.45) is 5.41 Å². The van der Waals surface area contributed by atoms with Crippen LogP contribution in [0.25, 0.3) is 0 Å². The normalized spacial score (nSPS) is 19.8. The molecular weight excluding hydrogens is 205 g/mol. The summed E-state index contributed by atoms with van der Waals surface area (Å²) >= 11 is 0. The SMILES string of the molecule is CCC1(C)CCN(c2cc(F)ncn2)CC1. The van der Waals surface area contributed by atoms with Crippen molar-refractivity contribution < 1.29 is 4.39 Å². The maximum atomic E-state index is 13.0. The lowest BCUT2D eigenvalue weighted by molar-refractivity contribution is 0.237. The zero-order valence-corrected chi connectivity index (χ0v) is 9.91. The monoisotopic (exact) mass is 223 g/mol. The van der Waals surface area contributed by atoms with Crippen molar-refractivity contribution in [2.75, 3.05) is 18.0 Å². The van der Waals surface area contributed by atoms with Gasteiger partial charge in [-0.15, -0.1) is 0 Å². The zero-order chi connectivity index (χ0) is 11.6. The molecule has 0 amide bonds. The second-order valence-corrected chi connectivity index (χ2v) is 4.85. The molecular formula is C12H18FN3. The van der Waals surface area contributed by atoms with Gasteiger partial charge in [0.15, 0.2) is 0 Å². The van der Waals surface area contributed by atoms with Gasteiger partial charge in [0.1, 0.15) is 12.1 Å². The van der Waals surface area contributed by atoms with Gasteiger partial charge in [-0.25, -0.2) is 9.97 Å². The van der Waals surface area contributed by atoms with Gasteiger partial charge in [-0.2, -0.15) is 4.39 Å². The third kappa shape index (κ3) is 2.31. The third-order valence-corrected chi connectivity index (χ3v) is 3.77. The lowest BCUT2D eigenvalue weighted by atomic mass is 9.78. The van der Waals surface area contributed by atoms with Gasteiger partial charge in [-0.3, -0.25) is 0 Å². The van der Waals surface area contributed by atoms with Crippen LogP contribution in [0.2, 0.25) is 0 Å². The van der Waals surface area contributed by atoms with E-state index in [-0.39, 0.29) is 0 Å². The molecule has 0 aliphatic carbocycles. The Morgan fingerprint density at radius 1 is 1.38 bits per heavy atom. The predicted octanol–water partition coefficient (Wildman–Crippen LogP) is 2.63. The first-order valence-corrected chi connectivity index (χ1v) is 5.85. The van der Waals surface area contributed by atoms with Gasteiger partial charge in [-0.1, -0.05) is 20.3 Å². The fourth-order valence-corrected chi connectivity index (χ4v) is 2.13. The third-order valence-electron chi connectivity index (χ3n) is 3.77. The number of anilines is 1. The molecule has 16 heavy (non-hydrogen) atoms. The van der Waals surface area contributed by atoms with E-state index in [2.05, 4.69) is 28.7 Å². The largest absolute Gasteiger partial charge is 0.356 e. The maximum absolute atomic E-state index is 13.0. The Morgan fingerprint density at radius 3 is 2.62 bits per heavy atom. The Bertz CT molecular complexity index is 359. The molecule has 4 heteroatoms. The molecule has 2 rings (SSSR count). The van der Waals surface area contributed by atoms with Crippen LogP contribution >= 0.6 is 0 Å². The van der Waals surface area contributed by atoms with Crippen LogP contribution in [0.3, 0.4) is 0 Å². The molecule has 1 aromatic rings. The molecule has 0 spiro atoms. The van der Waals surface area contributed by atoms with Crippen LogP contribution in [0.15, 0.2) is 12.4 Å². The van der Waals surface area contributed by atoms with E-state index in [0.29, 0.717) is 11.2 Å². The molecule has 0 N–H and O–H groups in total. The second kappa shape index (κ2) is 4.36. The maximum Gasteiger partial charge on any atom is 0.218 e. The molecule has 1 aromatic heterocycles. The molecule has 0 atom stereocenters. The summed E-state index contributed by atoms with van der Waals surface area (Å²) in [5, 5.41) is 0. The van der Waals surface area contributed by atoms with Crippen molar-refractivity contribution in [3.05, 3.63) is 18.3 Å². The molecule has 0 unspecified atom stereocenters. The lowest BCUT2D eigenvalue weighted by Gasteiger charge is -2.39. The molecule has 3 nitrogen and oxygen atoms in total. The summed E-state index contributed by atoms with van der Waals surface area (Å²) in [5.74, 6) is 0.263. The first-order valence-electron chi connectivity index (χ1n) is 5.85. The fourth-order valence-electron chi connectivity index (χ4n) is 2.13. The van der Waals surface area contributed by atoms with Crippen LogP contribution in [0.1, 0.15) is 33.1 Å². The fraction of sp³-hybridized carbons (Fsp3) is 0.667. The smallest absolute Gasteiger partial charge is 0.218 e. The van der Waals surface area contributed by atoms with Crippen LogP contribution in [0, 0.1) is 11.4 Å². The van der Waals surface area contributed by atoms with E-state index in [4.69, 9.17) is 0 Å². The standard InChI is InChI=1S/C12H18FN3/c1-3-12(2)4-6-16(7-5-12)11-8-10(13)14-9-15-11/h8-9H,3-7H2,1-2H3. The molecule has 0 aromatic carbocycles. The zero-order valence-electron chi connectivity index (χ0n) is 9.91. The van der Waals surface area contributed by atoms with Crippen LogP contribution < -0.4 is 4.90 Å². The van der Waals surface area contributed by atoms with E-state index in [0.717, 1.165) is 25.9 Å². The minimum absolute atomic E-state index is 0.447. The summed E-state index contributed by atoms with van der Waals surface area (Å²) in [4.78, 5) is 9.73. The van der Waals surface area contributed by atoms with Crippen molar-refractivity contribution in [1.82, 2.24) is 9.97 Å². The quantitative estimate of drug-likeness (QED) is 0.722. The van der Waals surface area contributed by atoms with Gasteiger partial charge in [0.05, 0.1) is 0 Å². The van der Waals surface area contributed by atoms with E-state index in [1.165, 1.54) is 18.8 Å². The average Bonchev–Trinajstić information content (AvgIpc) is 2.30. The molecule has 2 heterocycles. The van der Waals surface area contributed by atoms with Crippen LogP contribution in [0.4, 0.5) is 10.2 Å². The van der Waals surface area contributed by atoms with E-state index in [9.17, 15) is 4.39 Å². The molecule has 1 fully saturated rings. The van der Waals surface area contributed by atoms with Crippen molar-refractivity contribution in [3.63, 3.8) is 0 Å². The highest BCUT2D eigenvalue weighted by atomic mass is 19.1. The second-order valence-electron chi connectivity index (χ2n) is 4.85. The molecule has 0 saturated carbocycles. The summed E-state index contributed by atoms with van der Waals surface area (Å²) in [6.45, 7) is 6.48. The number of nitrogens with zero attached hydrogens (tertiary/aromatic N) is 3. The number of piperidine rings is 1. The van der Waals surface area contributed by atoms with Crippen molar-refractivity contribution in [3.8, 4) is 0 Å². The minimum atomic E-state index is -0.450. The summed E-state index contributed by atoms with van der Waals surface area (Å²) in [5.41, 5.74) is 0.447. The Balaban J connectivity index is 2.04. The van der Waals surface area contributed by atoms with Gasteiger partial charge in [0.25, 0.3) is 0 Å². The lowest BCUT2D eigenvalue weighted by Crippen LogP contribution is -2.38. The Morgan fingerprint density at radius 2 is 2.06 bits per heavy atom. The minimum Gasteiger partial charge on any atom is -0.356 e. The van der Waals surface area contributed by atoms with Crippen LogP contribution in [0.5, 0.6) is 0 Å². The summed E-state index contributed by atoms with van der Waals surface area (Å²) in [7, 11) is 0. The highest BCUT2D eigenvalue weighted by molar-refractivity contribution is 5.37. The topological polar surface area (TPSA) is 29.0 Å². The number of hydrogen-bond acceptors (Lipinski definition) is 3. The Hall–Kier alpha value is -1.19. The van der Waals surface area contributed by atoms with Crippen molar-refractivity contribution in [2.45, 2.75) is 33.1 Å². The highest BCUT2D eigenvalue weighted by Gasteiger charge is 2.28. The van der Waals surface area contributed by atoms with Gasteiger partial charge in [-0.05, 0) is 18.3 Å². The summed E-state index contributed by atoms with van der Waals surface area (Å²) in [6, 6.07) is 1.41. The van der Waals surface area contributed by atoms with Crippen molar-refractivity contribution >= 4 is 5.82 Å². The van der Waals surface area contributed by atoms with E-state index >= 15 is 0 Å². The van der Waals surface area contributed by atoms with Gasteiger partial charge < -0.3 is 4.90 Å². The van der Waals surface area contributed by atoms with E-state index < -0.39 is 5.95 Å². The Kier molecular flexibility index (Phi) is 3.08. The number of rotatable bonds is 2. The molecule has 0 radical (unpaired) electrons. The predicted molar refractivity (Wildman–Crippen MR) is 61.8 cm³/mol. The molecule has 88 valence electrons. The average molecular weight is 223 g/mol. The van der Waals surface area contributed by atoms with Gasteiger partial charge >= 0.3 is 0 Å². The molecule has 1 saturated heterocycles. The van der Waals surface area contributed by atoms with E-state index in [1.54, 1.807) is 0 Å². The van der Waals surface area contributed by atoms with Crippen LogP contribution in [-0.2, 0) is 0 Å². The molecule has 1 aliphatic heterocycles. The van der Waals surface area contributed by atoms with Crippen LogP contribution in [-0.4, -0.2) is 23.1 Å². The van der Waals surface area contributed by atoms with E-state index in [1.807, 2.05) is 0 Å². The number of aromatic nitrogens is 2. The van der Waals surface area contributed by atoms with Gasteiger partial charge in [0, 0.05) is 19.2 Å². The molecule has 0 bridgehead atoms. The summed E-state index contributed by atoms with van der Waals surface area (Å²) < 4.78 is 13.0.